The largest absolute Gasteiger partial charge is 0.390 e. The molecule has 3 nitrogen and oxygen atoms in total. The molecule has 3 aromatic carbocycles. The fraction of sp³-hybridized carbons (Fsp3) is 0.308. The third-order valence-corrected chi connectivity index (χ3v) is 5.92. The zero-order valence-corrected chi connectivity index (χ0v) is 17.4. The number of benzene rings is 3. The van der Waals surface area contributed by atoms with Crippen LogP contribution in [0.5, 0.6) is 0 Å². The molecule has 3 aromatic rings. The average Bonchev–Trinajstić information content (AvgIpc) is 2.76. The number of aliphatic hydroxyl groups is 1. The van der Waals surface area contributed by atoms with Crippen molar-refractivity contribution in [2.75, 3.05) is 26.7 Å². The van der Waals surface area contributed by atoms with Gasteiger partial charge < -0.3 is 5.11 Å². The highest BCUT2D eigenvalue weighted by molar-refractivity contribution is 5.32. The fourth-order valence-electron chi connectivity index (χ4n) is 4.49. The molecule has 4 heteroatoms. The van der Waals surface area contributed by atoms with E-state index in [1.54, 1.807) is 0 Å². The Hall–Kier alpha value is -2.53. The quantitative estimate of drug-likeness (QED) is 0.637. The summed E-state index contributed by atoms with van der Waals surface area (Å²) in [6.45, 7) is 3.04. The van der Waals surface area contributed by atoms with E-state index in [0.29, 0.717) is 13.1 Å². The van der Waals surface area contributed by atoms with Crippen LogP contribution < -0.4 is 0 Å². The Morgan fingerprint density at radius 1 is 0.900 bits per heavy atom. The van der Waals surface area contributed by atoms with Gasteiger partial charge in [0.05, 0.1) is 12.1 Å². The van der Waals surface area contributed by atoms with Crippen LogP contribution in [0.25, 0.3) is 0 Å². The molecule has 2 unspecified atom stereocenters. The summed E-state index contributed by atoms with van der Waals surface area (Å²) in [6.07, 6.45) is 0.563. The van der Waals surface area contributed by atoms with E-state index in [1.165, 1.54) is 23.3 Å². The van der Waals surface area contributed by atoms with E-state index < -0.39 is 6.10 Å². The van der Waals surface area contributed by atoms with Crippen LogP contribution in [0.15, 0.2) is 78.9 Å². The van der Waals surface area contributed by atoms with Gasteiger partial charge in [0, 0.05) is 26.2 Å². The van der Waals surface area contributed by atoms with Crippen molar-refractivity contribution in [2.24, 2.45) is 0 Å². The van der Waals surface area contributed by atoms with Gasteiger partial charge >= 0.3 is 0 Å². The van der Waals surface area contributed by atoms with Gasteiger partial charge in [-0.25, -0.2) is 4.39 Å². The average molecular weight is 405 g/mol. The number of nitrogens with zero attached hydrogens (tertiary/aromatic N) is 2. The maximum Gasteiger partial charge on any atom is 0.123 e. The topological polar surface area (TPSA) is 26.7 Å². The molecule has 0 amide bonds. The number of aliphatic hydroxyl groups excluding tert-OH is 1. The standard InChI is InChI=1S/C26H29FN2O/c1-28(18-25(30)19-29-16-15-20-7-5-6-10-23(20)17-29)26(21-8-3-2-4-9-21)22-11-13-24(27)14-12-22/h2-14,25-26,30H,15-19H2,1H3. The van der Waals surface area contributed by atoms with Gasteiger partial charge in [0.25, 0.3) is 0 Å². The molecular weight excluding hydrogens is 375 g/mol. The number of hydrogen-bond acceptors (Lipinski definition) is 3. The monoisotopic (exact) mass is 404 g/mol. The van der Waals surface area contributed by atoms with Crippen LogP contribution in [0.3, 0.4) is 0 Å². The maximum atomic E-state index is 13.5. The normalized spacial score (nSPS) is 16.3. The van der Waals surface area contributed by atoms with Crippen LogP contribution in [0, 0.1) is 5.82 Å². The molecule has 0 saturated carbocycles. The van der Waals surface area contributed by atoms with Gasteiger partial charge in [-0.05, 0) is 47.9 Å². The summed E-state index contributed by atoms with van der Waals surface area (Å²) in [7, 11) is 2.02. The van der Waals surface area contributed by atoms with E-state index in [9.17, 15) is 9.50 Å². The third kappa shape index (κ3) is 4.96. The van der Waals surface area contributed by atoms with Gasteiger partial charge in [-0.3, -0.25) is 9.80 Å². The molecule has 1 N–H and O–H groups in total. The Labute approximate surface area is 178 Å². The number of likely N-dealkylation sites (N-methyl/N-ethyl adjacent to an activating group) is 1. The molecule has 0 spiro atoms. The zero-order chi connectivity index (χ0) is 20.9. The molecule has 0 aliphatic carbocycles. The fourth-order valence-corrected chi connectivity index (χ4v) is 4.49. The molecule has 30 heavy (non-hydrogen) atoms. The summed E-state index contributed by atoms with van der Waals surface area (Å²) in [4.78, 5) is 4.49. The lowest BCUT2D eigenvalue weighted by Crippen LogP contribution is -2.42. The van der Waals surface area contributed by atoms with Gasteiger partial charge in [0.2, 0.25) is 0 Å². The second-order valence-corrected chi connectivity index (χ2v) is 8.21. The van der Waals surface area contributed by atoms with Crippen molar-refractivity contribution in [3.63, 3.8) is 0 Å². The molecule has 156 valence electrons. The highest BCUT2D eigenvalue weighted by Crippen LogP contribution is 2.28. The molecular formula is C26H29FN2O. The minimum absolute atomic E-state index is 0.0384. The van der Waals surface area contributed by atoms with Crippen LogP contribution in [-0.4, -0.2) is 47.7 Å². The summed E-state index contributed by atoms with van der Waals surface area (Å²) >= 11 is 0. The molecule has 0 fully saturated rings. The Bertz CT molecular complexity index is 945. The van der Waals surface area contributed by atoms with E-state index in [2.05, 4.69) is 46.2 Å². The molecule has 2 atom stereocenters. The molecule has 0 bridgehead atoms. The number of β-amino-alcohol motifs (C(OH)–C–C–N with tert-alkyl or cyclic N) is 1. The van der Waals surface area contributed by atoms with Crippen molar-refractivity contribution in [1.29, 1.82) is 0 Å². The maximum absolute atomic E-state index is 13.5. The minimum Gasteiger partial charge on any atom is -0.390 e. The third-order valence-electron chi connectivity index (χ3n) is 5.92. The second-order valence-electron chi connectivity index (χ2n) is 8.21. The summed E-state index contributed by atoms with van der Waals surface area (Å²) in [5, 5.41) is 10.9. The van der Waals surface area contributed by atoms with E-state index in [-0.39, 0.29) is 11.9 Å². The number of rotatable bonds is 7. The number of hydrogen-bond donors (Lipinski definition) is 1. The smallest absolute Gasteiger partial charge is 0.123 e. The summed E-state index contributed by atoms with van der Waals surface area (Å²) in [5.41, 5.74) is 4.92. The molecule has 0 aromatic heterocycles. The first-order valence-electron chi connectivity index (χ1n) is 10.6. The predicted octanol–water partition coefficient (Wildman–Crippen LogP) is 4.27. The molecule has 0 radical (unpaired) electrons. The van der Waals surface area contributed by atoms with E-state index in [0.717, 1.165) is 30.6 Å². The van der Waals surface area contributed by atoms with Crippen molar-refractivity contribution >= 4 is 0 Å². The number of fused-ring (bicyclic) bond motifs is 1. The van der Waals surface area contributed by atoms with Gasteiger partial charge in [-0.2, -0.15) is 0 Å². The van der Waals surface area contributed by atoms with Crippen LogP contribution in [0.1, 0.15) is 28.3 Å². The van der Waals surface area contributed by atoms with E-state index >= 15 is 0 Å². The Balaban J connectivity index is 1.44. The predicted molar refractivity (Wildman–Crippen MR) is 119 cm³/mol. The Morgan fingerprint density at radius 3 is 2.27 bits per heavy atom. The lowest BCUT2D eigenvalue weighted by atomic mass is 9.97. The van der Waals surface area contributed by atoms with Crippen molar-refractivity contribution in [3.8, 4) is 0 Å². The van der Waals surface area contributed by atoms with Gasteiger partial charge in [-0.1, -0.05) is 66.7 Å². The molecule has 1 aliphatic rings. The second kappa shape index (κ2) is 9.52. The molecule has 1 heterocycles. The van der Waals surface area contributed by atoms with Crippen molar-refractivity contribution in [3.05, 3.63) is 107 Å². The summed E-state index contributed by atoms with van der Waals surface area (Å²) in [5.74, 6) is -0.237. The van der Waals surface area contributed by atoms with Crippen LogP contribution in [0.2, 0.25) is 0 Å². The number of halogens is 1. The minimum atomic E-state index is -0.466. The lowest BCUT2D eigenvalue weighted by Gasteiger charge is -2.34. The Kier molecular flexibility index (Phi) is 6.58. The first-order chi connectivity index (χ1) is 14.6. The van der Waals surface area contributed by atoms with Gasteiger partial charge in [0.1, 0.15) is 5.82 Å². The zero-order valence-electron chi connectivity index (χ0n) is 17.4. The van der Waals surface area contributed by atoms with Gasteiger partial charge in [0.15, 0.2) is 0 Å². The molecule has 4 rings (SSSR count). The molecule has 1 aliphatic heterocycles. The van der Waals surface area contributed by atoms with Crippen LogP contribution >= 0.6 is 0 Å². The summed E-state index contributed by atoms with van der Waals surface area (Å²) < 4.78 is 13.5. The first kappa shape index (κ1) is 20.7. The van der Waals surface area contributed by atoms with E-state index in [1.807, 2.05) is 37.4 Å². The van der Waals surface area contributed by atoms with Gasteiger partial charge in [-0.15, -0.1) is 0 Å². The Morgan fingerprint density at radius 2 is 1.53 bits per heavy atom. The SMILES string of the molecule is CN(CC(O)CN1CCc2ccccc2C1)C(c1ccccc1)c1ccc(F)cc1. The highest BCUT2D eigenvalue weighted by atomic mass is 19.1. The first-order valence-corrected chi connectivity index (χ1v) is 10.6. The highest BCUT2D eigenvalue weighted by Gasteiger charge is 2.24. The van der Waals surface area contributed by atoms with Crippen LogP contribution in [-0.2, 0) is 13.0 Å². The van der Waals surface area contributed by atoms with Crippen molar-refractivity contribution in [2.45, 2.75) is 25.1 Å². The van der Waals surface area contributed by atoms with Crippen molar-refractivity contribution < 1.29 is 9.50 Å². The van der Waals surface area contributed by atoms with Crippen molar-refractivity contribution in [1.82, 2.24) is 9.80 Å². The van der Waals surface area contributed by atoms with Crippen LogP contribution in [0.4, 0.5) is 4.39 Å². The van der Waals surface area contributed by atoms with E-state index in [4.69, 9.17) is 0 Å². The molecule has 0 saturated heterocycles. The summed E-state index contributed by atoms with van der Waals surface area (Å²) in [6, 6.07) is 25.4. The lowest BCUT2D eigenvalue weighted by molar-refractivity contribution is 0.0690.